The second-order valence-electron chi connectivity index (χ2n) is 8.09. The molecule has 0 amide bonds. The van der Waals surface area contributed by atoms with Crippen LogP contribution in [0, 0.1) is 20.8 Å². The predicted molar refractivity (Wildman–Crippen MR) is 121 cm³/mol. The van der Waals surface area contributed by atoms with Crippen LogP contribution in [-0.2, 0) is 0 Å². The SMILES string of the molecule is Cc1ccccc1-n1c(C)cc([C@@H]2[C@H](c3ccccn3)N=C3S[C@H](C)CN32)c1C. The molecule has 2 aliphatic heterocycles. The maximum atomic E-state index is 5.13. The number of para-hydroxylation sites is 1. The number of aliphatic imine (C=N–C) groups is 1. The van der Waals surface area contributed by atoms with E-state index >= 15 is 0 Å². The molecule has 0 unspecified atom stereocenters. The van der Waals surface area contributed by atoms with Crippen LogP contribution < -0.4 is 0 Å². The van der Waals surface area contributed by atoms with E-state index in [0.717, 1.165) is 12.2 Å². The van der Waals surface area contributed by atoms with Crippen LogP contribution in [0.15, 0.2) is 59.7 Å². The number of nitrogens with zero attached hydrogens (tertiary/aromatic N) is 4. The predicted octanol–water partition coefficient (Wildman–Crippen LogP) is 5.39. The topological polar surface area (TPSA) is 33.4 Å². The lowest BCUT2D eigenvalue weighted by atomic mass is 9.96. The van der Waals surface area contributed by atoms with Crippen LogP contribution in [0.3, 0.4) is 0 Å². The minimum Gasteiger partial charge on any atom is -0.341 e. The highest BCUT2D eigenvalue weighted by Crippen LogP contribution is 2.48. The second-order valence-corrected chi connectivity index (χ2v) is 9.49. The van der Waals surface area contributed by atoms with Gasteiger partial charge in [-0.2, -0.15) is 0 Å². The van der Waals surface area contributed by atoms with Crippen LogP contribution in [0.2, 0.25) is 0 Å². The van der Waals surface area contributed by atoms with Gasteiger partial charge in [0.25, 0.3) is 0 Å². The minimum atomic E-state index is 0.0389. The van der Waals surface area contributed by atoms with Crippen LogP contribution in [0.1, 0.15) is 47.2 Å². The maximum absolute atomic E-state index is 5.13. The van der Waals surface area contributed by atoms with E-state index in [4.69, 9.17) is 4.99 Å². The van der Waals surface area contributed by atoms with Crippen molar-refractivity contribution in [1.29, 1.82) is 0 Å². The second kappa shape index (κ2) is 7.06. The number of hydrogen-bond donors (Lipinski definition) is 0. The average Bonchev–Trinajstić information content (AvgIpc) is 3.33. The summed E-state index contributed by atoms with van der Waals surface area (Å²) in [6, 6.07) is 17.3. The molecule has 0 bridgehead atoms. The molecule has 29 heavy (non-hydrogen) atoms. The summed E-state index contributed by atoms with van der Waals surface area (Å²) in [5.74, 6) is 0. The molecule has 3 atom stereocenters. The quantitative estimate of drug-likeness (QED) is 0.589. The molecule has 5 rings (SSSR count). The number of thioether (sulfide) groups is 1. The van der Waals surface area contributed by atoms with Crippen LogP contribution in [0.5, 0.6) is 0 Å². The first-order valence-corrected chi connectivity index (χ1v) is 11.1. The maximum Gasteiger partial charge on any atom is 0.160 e. The Morgan fingerprint density at radius 2 is 1.83 bits per heavy atom. The van der Waals surface area contributed by atoms with Gasteiger partial charge in [-0.25, -0.2) is 0 Å². The third-order valence-electron chi connectivity index (χ3n) is 6.03. The third-order valence-corrected chi connectivity index (χ3v) is 7.13. The highest BCUT2D eigenvalue weighted by molar-refractivity contribution is 8.14. The Bertz CT molecular complexity index is 1090. The summed E-state index contributed by atoms with van der Waals surface area (Å²) in [5.41, 5.74) is 7.51. The monoisotopic (exact) mass is 402 g/mol. The Labute approximate surface area is 176 Å². The third kappa shape index (κ3) is 2.99. The van der Waals surface area contributed by atoms with E-state index in [1.54, 1.807) is 0 Å². The fourth-order valence-electron chi connectivity index (χ4n) is 4.73. The number of amidine groups is 1. The lowest BCUT2D eigenvalue weighted by Gasteiger charge is -2.27. The van der Waals surface area contributed by atoms with Gasteiger partial charge in [0, 0.05) is 35.1 Å². The summed E-state index contributed by atoms with van der Waals surface area (Å²) in [5, 5.41) is 1.74. The minimum absolute atomic E-state index is 0.0389. The molecule has 1 fully saturated rings. The van der Waals surface area contributed by atoms with Crippen molar-refractivity contribution in [2.45, 2.75) is 45.0 Å². The van der Waals surface area contributed by atoms with E-state index in [0.29, 0.717) is 5.25 Å². The molecule has 0 N–H and O–H groups in total. The van der Waals surface area contributed by atoms with Gasteiger partial charge in [0.15, 0.2) is 5.17 Å². The number of benzene rings is 1. The summed E-state index contributed by atoms with van der Waals surface area (Å²) in [4.78, 5) is 12.3. The summed E-state index contributed by atoms with van der Waals surface area (Å²) in [7, 11) is 0. The van der Waals surface area contributed by atoms with Crippen molar-refractivity contribution in [1.82, 2.24) is 14.5 Å². The largest absolute Gasteiger partial charge is 0.341 e. The van der Waals surface area contributed by atoms with E-state index < -0.39 is 0 Å². The number of aryl methyl sites for hydroxylation is 2. The van der Waals surface area contributed by atoms with Crippen molar-refractivity contribution in [2.75, 3.05) is 6.54 Å². The van der Waals surface area contributed by atoms with Crippen LogP contribution in [0.25, 0.3) is 5.69 Å². The first-order chi connectivity index (χ1) is 14.0. The van der Waals surface area contributed by atoms with E-state index in [9.17, 15) is 0 Å². The Morgan fingerprint density at radius 3 is 2.59 bits per heavy atom. The van der Waals surface area contributed by atoms with E-state index in [2.05, 4.69) is 84.6 Å². The standard InChI is InChI=1S/C24H26N4S/c1-15-9-5-6-11-21(15)28-16(2)13-19(18(28)4)23-22(20-10-7-8-12-25-20)26-24-27(23)14-17(3)29-24/h5-13,17,22-23H,14H2,1-4H3/t17-,22+,23-/m1/s1. The molecular weight excluding hydrogens is 376 g/mol. The van der Waals surface area contributed by atoms with Crippen molar-refractivity contribution in [3.63, 3.8) is 0 Å². The van der Waals surface area contributed by atoms with Gasteiger partial charge >= 0.3 is 0 Å². The van der Waals surface area contributed by atoms with Gasteiger partial charge in [-0.1, -0.05) is 43.0 Å². The number of fused-ring (bicyclic) bond motifs is 1. The number of hydrogen-bond acceptors (Lipinski definition) is 4. The summed E-state index contributed by atoms with van der Waals surface area (Å²) >= 11 is 1.89. The Kier molecular flexibility index (Phi) is 4.50. The smallest absolute Gasteiger partial charge is 0.160 e. The highest BCUT2D eigenvalue weighted by Gasteiger charge is 2.44. The summed E-state index contributed by atoms with van der Waals surface area (Å²) < 4.78 is 2.39. The first-order valence-electron chi connectivity index (χ1n) is 10.2. The molecule has 4 heterocycles. The Morgan fingerprint density at radius 1 is 1.03 bits per heavy atom. The summed E-state index contributed by atoms with van der Waals surface area (Å²) in [6.07, 6.45) is 1.88. The number of pyridine rings is 1. The van der Waals surface area contributed by atoms with Crippen molar-refractivity contribution in [2.24, 2.45) is 4.99 Å². The lowest BCUT2D eigenvalue weighted by molar-refractivity contribution is 0.320. The van der Waals surface area contributed by atoms with Gasteiger partial charge in [-0.15, -0.1) is 0 Å². The zero-order valence-corrected chi connectivity index (χ0v) is 18.1. The van der Waals surface area contributed by atoms with Crippen LogP contribution >= 0.6 is 11.8 Å². The molecule has 148 valence electrons. The summed E-state index contributed by atoms with van der Waals surface area (Å²) in [6.45, 7) is 9.95. The van der Waals surface area contributed by atoms with Gasteiger partial charge in [-0.05, 0) is 56.2 Å². The lowest BCUT2D eigenvalue weighted by Crippen LogP contribution is -2.28. The molecule has 0 spiro atoms. The van der Waals surface area contributed by atoms with Crippen LogP contribution in [0.4, 0.5) is 0 Å². The van der Waals surface area contributed by atoms with Crippen LogP contribution in [-0.4, -0.2) is 31.4 Å². The normalized spacial score (nSPS) is 23.4. The fourth-order valence-corrected chi connectivity index (χ4v) is 5.82. The van der Waals surface area contributed by atoms with Gasteiger partial charge in [-0.3, -0.25) is 9.98 Å². The zero-order valence-electron chi connectivity index (χ0n) is 17.3. The van der Waals surface area contributed by atoms with E-state index in [1.807, 2.05) is 24.0 Å². The van der Waals surface area contributed by atoms with E-state index in [1.165, 1.54) is 33.4 Å². The molecule has 1 aromatic carbocycles. The zero-order chi connectivity index (χ0) is 20.1. The molecule has 4 nitrogen and oxygen atoms in total. The average molecular weight is 403 g/mol. The molecule has 1 saturated heterocycles. The molecule has 3 aromatic rings. The highest BCUT2D eigenvalue weighted by atomic mass is 32.2. The number of rotatable bonds is 3. The van der Waals surface area contributed by atoms with Gasteiger partial charge < -0.3 is 9.47 Å². The molecule has 0 radical (unpaired) electrons. The Balaban J connectivity index is 1.64. The van der Waals surface area contributed by atoms with Gasteiger partial charge in [0.05, 0.1) is 11.7 Å². The molecule has 5 heteroatoms. The molecule has 2 aliphatic rings. The van der Waals surface area contributed by atoms with Crippen molar-refractivity contribution < 1.29 is 0 Å². The fraction of sp³-hybridized carbons (Fsp3) is 0.333. The van der Waals surface area contributed by atoms with E-state index in [-0.39, 0.29) is 12.1 Å². The molecular formula is C24H26N4S. The van der Waals surface area contributed by atoms with Crippen molar-refractivity contribution in [3.8, 4) is 5.69 Å². The number of aromatic nitrogens is 2. The Hall–Kier alpha value is -2.53. The molecule has 2 aromatic heterocycles. The van der Waals surface area contributed by atoms with Crippen molar-refractivity contribution >= 4 is 16.9 Å². The van der Waals surface area contributed by atoms with Gasteiger partial charge in [0.1, 0.15) is 6.04 Å². The molecule has 0 saturated carbocycles. The van der Waals surface area contributed by atoms with Gasteiger partial charge in [0.2, 0.25) is 0 Å². The molecule has 0 aliphatic carbocycles. The first kappa shape index (κ1) is 18.5. The van der Waals surface area contributed by atoms with Crippen molar-refractivity contribution in [3.05, 3.63) is 82.9 Å².